The van der Waals surface area contributed by atoms with Crippen LogP contribution < -0.4 is 10.6 Å². The number of hydrogen-bond acceptors (Lipinski definition) is 4. The van der Waals surface area contributed by atoms with Crippen molar-refractivity contribution in [2.24, 2.45) is 0 Å². The first-order valence-electron chi connectivity index (χ1n) is 5.73. The van der Waals surface area contributed by atoms with Crippen molar-refractivity contribution in [2.45, 2.75) is 12.8 Å². The first-order valence-corrected chi connectivity index (χ1v) is 7.79. The van der Waals surface area contributed by atoms with E-state index in [0.29, 0.717) is 12.2 Å². The Hall–Kier alpha value is -1.56. The molecule has 0 spiro atoms. The van der Waals surface area contributed by atoms with Crippen LogP contribution in [0, 0.1) is 0 Å². The summed E-state index contributed by atoms with van der Waals surface area (Å²) in [5, 5.41) is 0. The number of benzene rings is 1. The fraction of sp³-hybridized carbons (Fsp3) is 0.417. The number of nitrogen functional groups attached to an aromatic ring is 1. The summed E-state index contributed by atoms with van der Waals surface area (Å²) in [4.78, 5) is 13.5. The minimum absolute atomic E-state index is 0.385. The molecule has 0 aromatic heterocycles. The predicted molar refractivity (Wildman–Crippen MR) is 71.2 cm³/mol. The monoisotopic (exact) mass is 268 g/mol. The summed E-state index contributed by atoms with van der Waals surface area (Å²) in [5.74, 6) is -0.842. The number of carbonyl (C=O) groups excluding carboxylic acids is 1. The summed E-state index contributed by atoms with van der Waals surface area (Å²) < 4.78 is 22.4. The van der Waals surface area contributed by atoms with E-state index in [-0.39, 0.29) is 5.91 Å². The minimum Gasteiger partial charge on any atom is -0.399 e. The highest BCUT2D eigenvalue weighted by Gasteiger charge is 2.24. The Morgan fingerprint density at radius 2 is 2.17 bits per heavy atom. The van der Waals surface area contributed by atoms with E-state index < -0.39 is 15.6 Å². The molecule has 5 nitrogen and oxygen atoms in total. The fourth-order valence-corrected chi connectivity index (χ4v) is 2.76. The number of anilines is 2. The van der Waals surface area contributed by atoms with Gasteiger partial charge in [0.2, 0.25) is 5.91 Å². The van der Waals surface area contributed by atoms with Crippen molar-refractivity contribution < 1.29 is 13.2 Å². The zero-order valence-corrected chi connectivity index (χ0v) is 11.0. The normalized spacial score (nSPS) is 15.3. The number of amides is 1. The lowest BCUT2D eigenvalue weighted by molar-refractivity contribution is -0.116. The van der Waals surface area contributed by atoms with Crippen LogP contribution in [0.15, 0.2) is 18.2 Å². The molecule has 1 aromatic carbocycles. The second-order valence-corrected chi connectivity index (χ2v) is 6.75. The summed E-state index contributed by atoms with van der Waals surface area (Å²) in [6.45, 7) is 0.546. The molecule has 1 aromatic rings. The van der Waals surface area contributed by atoms with E-state index in [1.165, 1.54) is 4.90 Å². The lowest BCUT2D eigenvalue weighted by Gasteiger charge is -2.29. The highest BCUT2D eigenvalue weighted by Crippen LogP contribution is 2.29. The topological polar surface area (TPSA) is 80.5 Å². The summed E-state index contributed by atoms with van der Waals surface area (Å²) in [6, 6.07) is 5.42. The Morgan fingerprint density at radius 1 is 1.44 bits per heavy atom. The average Bonchev–Trinajstić information content (AvgIpc) is 2.25. The Morgan fingerprint density at radius 3 is 2.83 bits per heavy atom. The number of aryl methyl sites for hydroxylation is 1. The van der Waals surface area contributed by atoms with Crippen molar-refractivity contribution in [3.63, 3.8) is 0 Å². The van der Waals surface area contributed by atoms with Crippen molar-refractivity contribution >= 4 is 27.1 Å². The SMILES string of the molecule is CS(=O)(=O)CC(=O)N1CCCc2ccc(N)cc21. The van der Waals surface area contributed by atoms with E-state index in [1.54, 1.807) is 12.1 Å². The molecule has 0 unspecified atom stereocenters. The quantitative estimate of drug-likeness (QED) is 0.796. The second kappa shape index (κ2) is 4.61. The molecule has 98 valence electrons. The maximum absolute atomic E-state index is 12.0. The van der Waals surface area contributed by atoms with E-state index >= 15 is 0 Å². The molecule has 0 saturated heterocycles. The van der Waals surface area contributed by atoms with Gasteiger partial charge in [-0.2, -0.15) is 0 Å². The van der Waals surface area contributed by atoms with Crippen molar-refractivity contribution in [3.05, 3.63) is 23.8 Å². The molecule has 1 aliphatic rings. The molecule has 0 bridgehead atoms. The highest BCUT2D eigenvalue weighted by atomic mass is 32.2. The van der Waals surface area contributed by atoms with Gasteiger partial charge in [-0.15, -0.1) is 0 Å². The summed E-state index contributed by atoms with van der Waals surface area (Å²) in [5.41, 5.74) is 8.08. The van der Waals surface area contributed by atoms with Crippen molar-refractivity contribution in [1.29, 1.82) is 0 Å². The Kier molecular flexibility index (Phi) is 3.30. The second-order valence-electron chi connectivity index (χ2n) is 4.61. The van der Waals surface area contributed by atoms with E-state index in [1.807, 2.05) is 6.07 Å². The number of fused-ring (bicyclic) bond motifs is 1. The smallest absolute Gasteiger partial charge is 0.242 e. The molecule has 18 heavy (non-hydrogen) atoms. The molecule has 1 aliphatic heterocycles. The van der Waals surface area contributed by atoms with Crippen LogP contribution in [-0.2, 0) is 21.1 Å². The molecule has 1 amide bonds. The molecule has 0 saturated carbocycles. The largest absolute Gasteiger partial charge is 0.399 e. The first-order chi connectivity index (χ1) is 8.37. The van der Waals surface area contributed by atoms with Gasteiger partial charge in [0.25, 0.3) is 0 Å². The third kappa shape index (κ3) is 2.81. The molecule has 2 rings (SSSR count). The lowest BCUT2D eigenvalue weighted by atomic mass is 10.0. The number of carbonyl (C=O) groups is 1. The van der Waals surface area contributed by atoms with Gasteiger partial charge in [0.1, 0.15) is 5.75 Å². The van der Waals surface area contributed by atoms with Crippen LogP contribution in [0.3, 0.4) is 0 Å². The Bertz CT molecular complexity index is 581. The maximum Gasteiger partial charge on any atom is 0.242 e. The van der Waals surface area contributed by atoms with Gasteiger partial charge in [-0.05, 0) is 30.5 Å². The predicted octanol–water partition coefficient (Wildman–Crippen LogP) is 0.593. The van der Waals surface area contributed by atoms with Crippen LogP contribution >= 0.6 is 0 Å². The van der Waals surface area contributed by atoms with Crippen molar-refractivity contribution in [1.82, 2.24) is 0 Å². The summed E-state index contributed by atoms with van der Waals surface area (Å²) >= 11 is 0. The molecule has 0 aliphatic carbocycles. The highest BCUT2D eigenvalue weighted by molar-refractivity contribution is 7.91. The molecule has 0 radical (unpaired) electrons. The van der Waals surface area contributed by atoms with Gasteiger partial charge in [-0.25, -0.2) is 8.42 Å². The van der Waals surface area contributed by atoms with E-state index in [9.17, 15) is 13.2 Å². The standard InChI is InChI=1S/C12H16N2O3S/c1-18(16,17)8-12(15)14-6-2-3-9-4-5-10(13)7-11(9)14/h4-5,7H,2-3,6,8,13H2,1H3. The zero-order chi connectivity index (χ0) is 13.3. The fourth-order valence-electron chi connectivity index (χ4n) is 2.15. The van der Waals surface area contributed by atoms with Crippen molar-refractivity contribution in [2.75, 3.05) is 29.2 Å². The molecule has 2 N–H and O–H groups in total. The molecular formula is C12H16N2O3S. The van der Waals surface area contributed by atoms with Crippen LogP contribution in [0.1, 0.15) is 12.0 Å². The van der Waals surface area contributed by atoms with E-state index in [0.717, 1.165) is 30.3 Å². The summed E-state index contributed by atoms with van der Waals surface area (Å²) in [7, 11) is -3.31. The van der Waals surface area contributed by atoms with Crippen LogP contribution in [0.5, 0.6) is 0 Å². The third-order valence-corrected chi connectivity index (χ3v) is 3.69. The maximum atomic E-state index is 12.0. The minimum atomic E-state index is -3.31. The lowest BCUT2D eigenvalue weighted by Crippen LogP contribution is -2.39. The van der Waals surface area contributed by atoms with Gasteiger partial charge in [0.15, 0.2) is 9.84 Å². The summed E-state index contributed by atoms with van der Waals surface area (Å²) in [6.07, 6.45) is 2.79. The van der Waals surface area contributed by atoms with Gasteiger partial charge in [0, 0.05) is 24.2 Å². The molecule has 0 atom stereocenters. The van der Waals surface area contributed by atoms with Crippen LogP contribution in [0.2, 0.25) is 0 Å². The Labute approximate surface area is 107 Å². The number of nitrogens with zero attached hydrogens (tertiary/aromatic N) is 1. The third-order valence-electron chi connectivity index (χ3n) is 2.91. The number of nitrogens with two attached hydrogens (primary N) is 1. The van der Waals surface area contributed by atoms with Crippen LogP contribution in [0.4, 0.5) is 11.4 Å². The average molecular weight is 268 g/mol. The molecular weight excluding hydrogens is 252 g/mol. The van der Waals surface area contributed by atoms with Gasteiger partial charge in [-0.1, -0.05) is 6.07 Å². The van der Waals surface area contributed by atoms with E-state index in [4.69, 9.17) is 5.73 Å². The number of sulfone groups is 1. The van der Waals surface area contributed by atoms with Gasteiger partial charge in [-0.3, -0.25) is 4.79 Å². The molecule has 0 fully saturated rings. The van der Waals surface area contributed by atoms with Gasteiger partial charge >= 0.3 is 0 Å². The van der Waals surface area contributed by atoms with Crippen molar-refractivity contribution in [3.8, 4) is 0 Å². The van der Waals surface area contributed by atoms with Gasteiger partial charge in [0.05, 0.1) is 0 Å². The number of rotatable bonds is 2. The zero-order valence-electron chi connectivity index (χ0n) is 10.2. The van der Waals surface area contributed by atoms with Crippen LogP contribution in [-0.4, -0.2) is 32.9 Å². The molecule has 6 heteroatoms. The molecule has 1 heterocycles. The van der Waals surface area contributed by atoms with Crippen LogP contribution in [0.25, 0.3) is 0 Å². The number of hydrogen-bond donors (Lipinski definition) is 1. The van der Waals surface area contributed by atoms with E-state index in [2.05, 4.69) is 0 Å². The first kappa shape index (κ1) is 12.9. The Balaban J connectivity index is 2.32. The van der Waals surface area contributed by atoms with Gasteiger partial charge < -0.3 is 10.6 Å².